The first-order chi connectivity index (χ1) is 12.3. The molecule has 2 aromatic carbocycles. The molecular weight excluding hydrogens is 348 g/mol. The molecule has 0 N–H and O–H groups in total. The lowest BCUT2D eigenvalue weighted by atomic mass is 10.1. The molecule has 26 heavy (non-hydrogen) atoms. The van der Waals surface area contributed by atoms with E-state index in [1.54, 1.807) is 16.4 Å². The normalized spacial score (nSPS) is 15.9. The van der Waals surface area contributed by atoms with Gasteiger partial charge in [-0.1, -0.05) is 23.8 Å². The van der Waals surface area contributed by atoms with Gasteiger partial charge in [0.2, 0.25) is 10.0 Å². The summed E-state index contributed by atoms with van der Waals surface area (Å²) in [7, 11) is -2.07. The van der Waals surface area contributed by atoms with E-state index in [0.717, 1.165) is 5.56 Å². The molecule has 140 valence electrons. The number of benzene rings is 2. The summed E-state index contributed by atoms with van der Waals surface area (Å²) in [5.41, 5.74) is 4.54. The Hall–Kier alpha value is -2.05. The fourth-order valence-electron chi connectivity index (χ4n) is 3.45. The van der Waals surface area contributed by atoms with Gasteiger partial charge in [-0.3, -0.25) is 0 Å². The van der Waals surface area contributed by atoms with Gasteiger partial charge in [-0.15, -0.1) is 0 Å². The topological polar surface area (TPSA) is 49.9 Å². The van der Waals surface area contributed by atoms with Crippen molar-refractivity contribution in [3.05, 3.63) is 53.1 Å². The van der Waals surface area contributed by atoms with Crippen molar-refractivity contribution in [1.29, 1.82) is 0 Å². The summed E-state index contributed by atoms with van der Waals surface area (Å²) in [5.74, 6) is 0.396. The summed E-state index contributed by atoms with van der Waals surface area (Å²) in [5, 5.41) is 0. The third kappa shape index (κ3) is 3.57. The number of nitrogens with zero attached hydrogens (tertiary/aromatic N) is 2. The third-order valence-corrected chi connectivity index (χ3v) is 6.79. The molecule has 1 heterocycles. The molecule has 1 aliphatic heterocycles. The Labute approximate surface area is 156 Å². The number of methoxy groups -OCH3 is 1. The zero-order valence-electron chi connectivity index (χ0n) is 15.8. The standard InChI is InChI=1S/C20H26N2O3S/c1-15-5-7-18(17(3)13-15)21-9-11-22(12-10-21)26(23,24)20-14-16(2)6-8-19(20)25-4/h5-8,13-14H,9-12H2,1-4H3. The fraction of sp³-hybridized carbons (Fsp3) is 0.400. The van der Waals surface area contributed by atoms with Crippen LogP contribution in [0.2, 0.25) is 0 Å². The molecule has 0 aliphatic carbocycles. The summed E-state index contributed by atoms with van der Waals surface area (Å²) in [6.45, 7) is 8.35. The lowest BCUT2D eigenvalue weighted by Crippen LogP contribution is -2.48. The molecule has 0 unspecified atom stereocenters. The predicted molar refractivity (Wildman–Crippen MR) is 105 cm³/mol. The van der Waals surface area contributed by atoms with E-state index in [-0.39, 0.29) is 4.90 Å². The van der Waals surface area contributed by atoms with Gasteiger partial charge in [0.1, 0.15) is 10.6 Å². The van der Waals surface area contributed by atoms with Crippen molar-refractivity contribution in [2.45, 2.75) is 25.7 Å². The van der Waals surface area contributed by atoms with Gasteiger partial charge in [-0.2, -0.15) is 4.31 Å². The van der Waals surface area contributed by atoms with E-state index < -0.39 is 10.0 Å². The molecule has 0 bridgehead atoms. The first kappa shape index (κ1) is 18.7. The van der Waals surface area contributed by atoms with E-state index in [4.69, 9.17) is 4.74 Å². The van der Waals surface area contributed by atoms with Crippen LogP contribution in [0.15, 0.2) is 41.3 Å². The molecule has 0 spiro atoms. The second-order valence-corrected chi connectivity index (χ2v) is 8.74. The highest BCUT2D eigenvalue weighted by molar-refractivity contribution is 7.89. The molecule has 1 fully saturated rings. The Bertz CT molecular complexity index is 901. The number of sulfonamides is 1. The smallest absolute Gasteiger partial charge is 0.246 e. The van der Waals surface area contributed by atoms with Crippen LogP contribution in [0.5, 0.6) is 5.75 Å². The van der Waals surface area contributed by atoms with Gasteiger partial charge in [-0.05, 0) is 50.1 Å². The van der Waals surface area contributed by atoms with Crippen LogP contribution in [-0.2, 0) is 10.0 Å². The van der Waals surface area contributed by atoms with Gasteiger partial charge in [0.05, 0.1) is 7.11 Å². The van der Waals surface area contributed by atoms with Gasteiger partial charge < -0.3 is 9.64 Å². The van der Waals surface area contributed by atoms with E-state index in [2.05, 4.69) is 36.9 Å². The van der Waals surface area contributed by atoms with Crippen molar-refractivity contribution < 1.29 is 13.2 Å². The monoisotopic (exact) mass is 374 g/mol. The van der Waals surface area contributed by atoms with Gasteiger partial charge >= 0.3 is 0 Å². The predicted octanol–water partition coefficient (Wildman–Crippen LogP) is 3.13. The Balaban J connectivity index is 1.80. The highest BCUT2D eigenvalue weighted by atomic mass is 32.2. The van der Waals surface area contributed by atoms with Crippen molar-refractivity contribution in [3.63, 3.8) is 0 Å². The maximum atomic E-state index is 13.1. The second kappa shape index (κ2) is 7.29. The second-order valence-electron chi connectivity index (χ2n) is 6.84. The number of rotatable bonds is 4. The fourth-order valence-corrected chi connectivity index (χ4v) is 5.12. The zero-order valence-corrected chi connectivity index (χ0v) is 16.6. The average molecular weight is 375 g/mol. The molecule has 0 radical (unpaired) electrons. The van der Waals surface area contributed by atoms with Crippen LogP contribution in [0.1, 0.15) is 16.7 Å². The highest BCUT2D eigenvalue weighted by Gasteiger charge is 2.31. The number of piperazine rings is 1. The molecule has 0 atom stereocenters. The Morgan fingerprint density at radius 2 is 1.50 bits per heavy atom. The first-order valence-corrected chi connectivity index (χ1v) is 10.2. The molecule has 2 aromatic rings. The lowest BCUT2D eigenvalue weighted by molar-refractivity contribution is 0.374. The van der Waals surface area contributed by atoms with Crippen LogP contribution in [0.25, 0.3) is 0 Å². The molecule has 1 aliphatic rings. The van der Waals surface area contributed by atoms with Crippen molar-refractivity contribution in [1.82, 2.24) is 4.31 Å². The van der Waals surface area contributed by atoms with Crippen LogP contribution >= 0.6 is 0 Å². The molecule has 3 rings (SSSR count). The quantitative estimate of drug-likeness (QED) is 0.825. The third-order valence-electron chi connectivity index (χ3n) is 4.87. The molecule has 1 saturated heterocycles. The minimum atomic E-state index is -3.57. The summed E-state index contributed by atoms with van der Waals surface area (Å²) in [6.07, 6.45) is 0. The molecule has 6 heteroatoms. The largest absolute Gasteiger partial charge is 0.495 e. The Morgan fingerprint density at radius 1 is 0.885 bits per heavy atom. The van der Waals surface area contributed by atoms with Gasteiger partial charge in [0.25, 0.3) is 0 Å². The lowest BCUT2D eigenvalue weighted by Gasteiger charge is -2.36. The van der Waals surface area contributed by atoms with E-state index in [0.29, 0.717) is 31.9 Å². The SMILES string of the molecule is COc1ccc(C)cc1S(=O)(=O)N1CCN(c2ccc(C)cc2C)CC1. The van der Waals surface area contributed by atoms with E-state index in [9.17, 15) is 8.42 Å². The first-order valence-electron chi connectivity index (χ1n) is 8.80. The summed E-state index contributed by atoms with van der Waals surface area (Å²) in [6, 6.07) is 11.6. The average Bonchev–Trinajstić information content (AvgIpc) is 2.62. The summed E-state index contributed by atoms with van der Waals surface area (Å²) >= 11 is 0. The van der Waals surface area contributed by atoms with Crippen LogP contribution < -0.4 is 9.64 Å². The molecule has 0 amide bonds. The number of aryl methyl sites for hydroxylation is 3. The van der Waals surface area contributed by atoms with E-state index in [1.165, 1.54) is 23.9 Å². The van der Waals surface area contributed by atoms with Crippen LogP contribution in [0.3, 0.4) is 0 Å². The van der Waals surface area contributed by atoms with E-state index in [1.807, 2.05) is 13.0 Å². The van der Waals surface area contributed by atoms with E-state index >= 15 is 0 Å². The summed E-state index contributed by atoms with van der Waals surface area (Å²) in [4.78, 5) is 2.51. The number of anilines is 1. The molecule has 0 aromatic heterocycles. The number of hydrogen-bond acceptors (Lipinski definition) is 4. The molecule has 0 saturated carbocycles. The van der Waals surface area contributed by atoms with Crippen molar-refractivity contribution in [3.8, 4) is 5.75 Å². The van der Waals surface area contributed by atoms with Gasteiger partial charge in [0, 0.05) is 31.9 Å². The minimum Gasteiger partial charge on any atom is -0.495 e. The number of hydrogen-bond donors (Lipinski definition) is 0. The van der Waals surface area contributed by atoms with Crippen LogP contribution in [0.4, 0.5) is 5.69 Å². The maximum absolute atomic E-state index is 13.1. The van der Waals surface area contributed by atoms with Crippen molar-refractivity contribution in [2.75, 3.05) is 38.2 Å². The maximum Gasteiger partial charge on any atom is 0.246 e. The van der Waals surface area contributed by atoms with Crippen molar-refractivity contribution >= 4 is 15.7 Å². The molecule has 5 nitrogen and oxygen atoms in total. The van der Waals surface area contributed by atoms with Gasteiger partial charge in [0.15, 0.2) is 0 Å². The molecular formula is C20H26N2O3S. The van der Waals surface area contributed by atoms with Crippen LogP contribution in [-0.4, -0.2) is 46.0 Å². The zero-order chi connectivity index (χ0) is 18.9. The van der Waals surface area contributed by atoms with Gasteiger partial charge in [-0.25, -0.2) is 8.42 Å². The Morgan fingerprint density at radius 3 is 2.12 bits per heavy atom. The summed E-state index contributed by atoms with van der Waals surface area (Å²) < 4.78 is 33.0. The number of ether oxygens (including phenoxy) is 1. The highest BCUT2D eigenvalue weighted by Crippen LogP contribution is 2.29. The van der Waals surface area contributed by atoms with Crippen molar-refractivity contribution in [2.24, 2.45) is 0 Å². The van der Waals surface area contributed by atoms with Crippen LogP contribution in [0, 0.1) is 20.8 Å². The Kier molecular flexibility index (Phi) is 5.25. The minimum absolute atomic E-state index is 0.250.